The van der Waals surface area contributed by atoms with E-state index in [0.29, 0.717) is 19.6 Å². The monoisotopic (exact) mass is 284 g/mol. The molecule has 106 valence electrons. The Morgan fingerprint density at radius 1 is 1.26 bits per heavy atom. The van der Waals surface area contributed by atoms with Gasteiger partial charge in [0.2, 0.25) is 0 Å². The molecule has 1 fully saturated rings. The standard InChI is InChI=1S/C12H20N4O2S/c1-2-3-13-12-9-14-11(8-15-12)10-16-4-6-19(17,18)7-5-16/h8-9H,2-7,10H2,1H3,(H,13,15). The molecule has 1 aliphatic rings. The molecule has 1 aromatic heterocycles. The van der Waals surface area contributed by atoms with Gasteiger partial charge in [-0.05, 0) is 6.42 Å². The number of sulfone groups is 1. The Morgan fingerprint density at radius 3 is 2.58 bits per heavy atom. The fraction of sp³-hybridized carbons (Fsp3) is 0.667. The van der Waals surface area contributed by atoms with Gasteiger partial charge in [-0.3, -0.25) is 9.88 Å². The van der Waals surface area contributed by atoms with Gasteiger partial charge in [0.1, 0.15) is 5.82 Å². The zero-order valence-corrected chi connectivity index (χ0v) is 12.0. The van der Waals surface area contributed by atoms with E-state index in [1.165, 1.54) is 0 Å². The molecule has 0 radical (unpaired) electrons. The minimum Gasteiger partial charge on any atom is -0.369 e. The average molecular weight is 284 g/mol. The molecule has 2 rings (SSSR count). The highest BCUT2D eigenvalue weighted by Crippen LogP contribution is 2.08. The van der Waals surface area contributed by atoms with E-state index in [1.54, 1.807) is 12.4 Å². The maximum atomic E-state index is 11.3. The summed E-state index contributed by atoms with van der Waals surface area (Å²) in [4.78, 5) is 10.7. The van der Waals surface area contributed by atoms with Crippen molar-refractivity contribution in [2.24, 2.45) is 0 Å². The fourth-order valence-corrected chi connectivity index (χ4v) is 3.20. The fourth-order valence-electron chi connectivity index (χ4n) is 1.92. The molecule has 1 N–H and O–H groups in total. The summed E-state index contributed by atoms with van der Waals surface area (Å²) in [6, 6.07) is 0. The quantitative estimate of drug-likeness (QED) is 0.850. The van der Waals surface area contributed by atoms with Gasteiger partial charge in [0.25, 0.3) is 0 Å². The van der Waals surface area contributed by atoms with E-state index in [2.05, 4.69) is 27.1 Å². The van der Waals surface area contributed by atoms with Crippen molar-refractivity contribution in [3.63, 3.8) is 0 Å². The van der Waals surface area contributed by atoms with Crippen molar-refractivity contribution in [3.05, 3.63) is 18.1 Å². The topological polar surface area (TPSA) is 75.2 Å². The molecule has 0 saturated carbocycles. The molecule has 0 aliphatic carbocycles. The molecule has 1 aromatic rings. The van der Waals surface area contributed by atoms with Crippen LogP contribution in [0.4, 0.5) is 5.82 Å². The largest absolute Gasteiger partial charge is 0.369 e. The second-order valence-corrected chi connectivity index (χ2v) is 7.05. The summed E-state index contributed by atoms with van der Waals surface area (Å²) >= 11 is 0. The summed E-state index contributed by atoms with van der Waals surface area (Å²) in [5.74, 6) is 1.28. The van der Waals surface area contributed by atoms with Crippen molar-refractivity contribution in [3.8, 4) is 0 Å². The third-order valence-corrected chi connectivity index (χ3v) is 4.69. The van der Waals surface area contributed by atoms with Gasteiger partial charge >= 0.3 is 0 Å². The molecule has 1 aliphatic heterocycles. The predicted octanol–water partition coefficient (Wildman–Crippen LogP) is 0.529. The first-order valence-electron chi connectivity index (χ1n) is 6.56. The van der Waals surface area contributed by atoms with Crippen LogP contribution in [0.5, 0.6) is 0 Å². The molecule has 0 amide bonds. The van der Waals surface area contributed by atoms with Crippen LogP contribution in [0, 0.1) is 0 Å². The average Bonchev–Trinajstić information content (AvgIpc) is 2.40. The van der Waals surface area contributed by atoms with Gasteiger partial charge in [-0.1, -0.05) is 6.92 Å². The molecule has 0 atom stereocenters. The Morgan fingerprint density at radius 2 is 2.00 bits per heavy atom. The van der Waals surface area contributed by atoms with Gasteiger partial charge in [0.15, 0.2) is 9.84 Å². The minimum atomic E-state index is -2.81. The summed E-state index contributed by atoms with van der Waals surface area (Å²) in [7, 11) is -2.81. The predicted molar refractivity (Wildman–Crippen MR) is 74.7 cm³/mol. The Hall–Kier alpha value is -1.21. The Labute approximate surface area is 114 Å². The number of nitrogens with zero attached hydrogens (tertiary/aromatic N) is 3. The second kappa shape index (κ2) is 6.29. The van der Waals surface area contributed by atoms with Crippen LogP contribution in [0.2, 0.25) is 0 Å². The summed E-state index contributed by atoms with van der Waals surface area (Å²) in [6.45, 7) is 4.81. The third kappa shape index (κ3) is 4.43. The molecular formula is C12H20N4O2S. The van der Waals surface area contributed by atoms with E-state index in [0.717, 1.165) is 24.5 Å². The maximum Gasteiger partial charge on any atom is 0.152 e. The van der Waals surface area contributed by atoms with Crippen LogP contribution in [-0.4, -0.2) is 54.4 Å². The van der Waals surface area contributed by atoms with Crippen LogP contribution in [0.15, 0.2) is 12.4 Å². The van der Waals surface area contributed by atoms with Crippen molar-refractivity contribution < 1.29 is 8.42 Å². The minimum absolute atomic E-state index is 0.247. The molecule has 19 heavy (non-hydrogen) atoms. The van der Waals surface area contributed by atoms with Crippen molar-refractivity contribution in [2.45, 2.75) is 19.9 Å². The van der Waals surface area contributed by atoms with Gasteiger partial charge < -0.3 is 5.32 Å². The maximum absolute atomic E-state index is 11.3. The van der Waals surface area contributed by atoms with Gasteiger partial charge in [-0.25, -0.2) is 13.4 Å². The lowest BCUT2D eigenvalue weighted by Crippen LogP contribution is -2.39. The van der Waals surface area contributed by atoms with Crippen LogP contribution in [0.25, 0.3) is 0 Å². The summed E-state index contributed by atoms with van der Waals surface area (Å²) in [5, 5.41) is 3.17. The second-order valence-electron chi connectivity index (χ2n) is 4.75. The summed E-state index contributed by atoms with van der Waals surface area (Å²) < 4.78 is 22.7. The smallest absolute Gasteiger partial charge is 0.152 e. The van der Waals surface area contributed by atoms with Crippen LogP contribution < -0.4 is 5.32 Å². The van der Waals surface area contributed by atoms with Crippen molar-refractivity contribution in [2.75, 3.05) is 36.5 Å². The Bertz CT molecular complexity index is 487. The number of rotatable bonds is 5. The first kappa shape index (κ1) is 14.2. The number of nitrogens with one attached hydrogen (secondary N) is 1. The SMILES string of the molecule is CCCNc1cnc(CN2CCS(=O)(=O)CC2)cn1. The molecule has 6 nitrogen and oxygen atoms in total. The van der Waals surface area contributed by atoms with E-state index in [9.17, 15) is 8.42 Å². The summed E-state index contributed by atoms with van der Waals surface area (Å²) in [6.07, 6.45) is 4.53. The molecule has 0 spiro atoms. The van der Waals surface area contributed by atoms with E-state index >= 15 is 0 Å². The Balaban J connectivity index is 1.86. The lowest BCUT2D eigenvalue weighted by atomic mass is 10.4. The number of anilines is 1. The highest BCUT2D eigenvalue weighted by Gasteiger charge is 2.21. The zero-order valence-electron chi connectivity index (χ0n) is 11.2. The van der Waals surface area contributed by atoms with Crippen LogP contribution in [-0.2, 0) is 16.4 Å². The van der Waals surface area contributed by atoms with Gasteiger partial charge in [-0.15, -0.1) is 0 Å². The van der Waals surface area contributed by atoms with Crippen molar-refractivity contribution in [1.29, 1.82) is 0 Å². The van der Waals surface area contributed by atoms with Crippen molar-refractivity contribution in [1.82, 2.24) is 14.9 Å². The van der Waals surface area contributed by atoms with E-state index in [4.69, 9.17) is 0 Å². The van der Waals surface area contributed by atoms with E-state index in [-0.39, 0.29) is 11.5 Å². The lowest BCUT2D eigenvalue weighted by molar-refractivity contribution is 0.284. The zero-order chi connectivity index (χ0) is 13.7. The van der Waals surface area contributed by atoms with Crippen molar-refractivity contribution >= 4 is 15.7 Å². The van der Waals surface area contributed by atoms with Gasteiger partial charge in [-0.2, -0.15) is 0 Å². The molecule has 0 bridgehead atoms. The van der Waals surface area contributed by atoms with Gasteiger partial charge in [0, 0.05) is 26.2 Å². The Kier molecular flexibility index (Phi) is 4.71. The number of hydrogen-bond acceptors (Lipinski definition) is 6. The van der Waals surface area contributed by atoms with E-state index in [1.807, 2.05) is 0 Å². The highest BCUT2D eigenvalue weighted by atomic mass is 32.2. The number of aromatic nitrogens is 2. The molecular weight excluding hydrogens is 264 g/mol. The first-order valence-corrected chi connectivity index (χ1v) is 8.39. The molecule has 7 heteroatoms. The van der Waals surface area contributed by atoms with E-state index < -0.39 is 9.84 Å². The number of hydrogen-bond donors (Lipinski definition) is 1. The van der Waals surface area contributed by atoms with Crippen LogP contribution in [0.3, 0.4) is 0 Å². The normalized spacial score (nSPS) is 19.2. The summed E-state index contributed by atoms with van der Waals surface area (Å²) in [5.41, 5.74) is 0.876. The molecule has 2 heterocycles. The molecule has 0 aromatic carbocycles. The highest BCUT2D eigenvalue weighted by molar-refractivity contribution is 7.91. The van der Waals surface area contributed by atoms with Crippen LogP contribution >= 0.6 is 0 Å². The molecule has 1 saturated heterocycles. The lowest BCUT2D eigenvalue weighted by Gasteiger charge is -2.25. The third-order valence-electron chi connectivity index (χ3n) is 3.08. The molecule has 0 unspecified atom stereocenters. The van der Waals surface area contributed by atoms with Crippen LogP contribution in [0.1, 0.15) is 19.0 Å². The first-order chi connectivity index (χ1) is 9.09. The van der Waals surface area contributed by atoms with Gasteiger partial charge in [0.05, 0.1) is 29.6 Å².